The molecule has 0 bridgehead atoms. The number of thiophene rings is 2. The quantitative estimate of drug-likeness (QED) is 0.158. The first-order valence-corrected chi connectivity index (χ1v) is 22.0. The lowest BCUT2D eigenvalue weighted by Gasteiger charge is -2.34. The zero-order chi connectivity index (χ0) is 39.6. The summed E-state index contributed by atoms with van der Waals surface area (Å²) in [6, 6.07) is 79.9. The van der Waals surface area contributed by atoms with Crippen molar-refractivity contribution >= 4 is 119 Å². The molecule has 4 heteroatoms. The average Bonchev–Trinajstić information content (AvgIpc) is 3.90. The summed E-state index contributed by atoms with van der Waals surface area (Å²) in [5, 5.41) is 10.1. The van der Waals surface area contributed by atoms with Gasteiger partial charge in [-0.25, -0.2) is 0 Å². The fraction of sp³-hybridized carbons (Fsp3) is 0. The fourth-order valence-corrected chi connectivity index (χ4v) is 11.6. The molecule has 12 rings (SSSR count). The van der Waals surface area contributed by atoms with Crippen molar-refractivity contribution < 1.29 is 0 Å². The first-order valence-electron chi connectivity index (χ1n) is 20.3. The first-order chi connectivity index (χ1) is 29.8. The van der Waals surface area contributed by atoms with E-state index in [4.69, 9.17) is 0 Å². The summed E-state index contributed by atoms with van der Waals surface area (Å²) in [7, 11) is 0. The zero-order valence-corrected chi connectivity index (χ0v) is 34.1. The van der Waals surface area contributed by atoms with Gasteiger partial charge in [0.25, 0.3) is 0 Å². The number of hydrogen-bond donors (Lipinski definition) is 0. The molecule has 0 aliphatic carbocycles. The van der Waals surface area contributed by atoms with Crippen LogP contribution in [-0.2, 0) is 0 Å². The van der Waals surface area contributed by atoms with E-state index in [9.17, 15) is 0 Å². The Morgan fingerprint density at radius 3 is 1.65 bits per heavy atom. The van der Waals surface area contributed by atoms with E-state index < -0.39 is 0 Å². The largest absolute Gasteiger partial charge is 0.307 e. The third kappa shape index (κ3) is 5.68. The molecule has 2 aromatic heterocycles. The Labute approximate surface area is 356 Å². The average molecular weight is 801 g/mol. The molecule has 60 heavy (non-hydrogen) atoms. The maximum absolute atomic E-state index is 2.49. The van der Waals surface area contributed by atoms with Crippen LogP contribution in [0.2, 0.25) is 0 Å². The minimum absolute atomic E-state index is 1.09. The van der Waals surface area contributed by atoms with Crippen molar-refractivity contribution in [3.63, 3.8) is 0 Å². The van der Waals surface area contributed by atoms with Gasteiger partial charge in [0.1, 0.15) is 0 Å². The highest BCUT2D eigenvalue weighted by molar-refractivity contribution is 7.27. The van der Waals surface area contributed by atoms with Crippen molar-refractivity contribution in [3.05, 3.63) is 218 Å². The van der Waals surface area contributed by atoms with Crippen LogP contribution in [-0.4, -0.2) is 0 Å². The fourth-order valence-electron chi connectivity index (χ4n) is 8.99. The molecule has 0 N–H and O–H groups in total. The molecule has 12 aromatic rings. The van der Waals surface area contributed by atoms with E-state index in [-0.39, 0.29) is 0 Å². The van der Waals surface area contributed by atoms with Gasteiger partial charge in [-0.05, 0) is 93.3 Å². The SMILES string of the molecule is c1ccc(N(c2ccc3c(sc4c5ccccc5ccc34)c2N(c2ccccc2)c2ccc(-c3ccc4ccccc4c3)cc2)c2cccc3c2sc2ccccc23)cc1. The lowest BCUT2D eigenvalue weighted by atomic mass is 10.0. The van der Waals surface area contributed by atoms with Crippen molar-refractivity contribution in [2.45, 2.75) is 0 Å². The second-order valence-electron chi connectivity index (χ2n) is 15.3. The van der Waals surface area contributed by atoms with Crippen LogP contribution in [0.25, 0.3) is 73.0 Å². The van der Waals surface area contributed by atoms with Crippen molar-refractivity contribution in [1.29, 1.82) is 0 Å². The standard InChI is InChI=1S/C56H36N2S2/c1-3-17-42(18-4-1)57(44-31-28-38(29-32-44)41-27-26-37-14-7-8-16-40(37)36-41)53-50(35-34-49-48-33-30-39-15-9-10-21-45(39)54(48)60-56(49)53)58(43-19-5-2-6-20-43)51-24-13-23-47-46-22-11-12-25-52(46)59-55(47)51/h1-36H. The molecular formula is C56H36N2S2. The minimum atomic E-state index is 1.09. The molecule has 0 unspecified atom stereocenters. The molecule has 0 amide bonds. The van der Waals surface area contributed by atoms with Crippen LogP contribution in [0.15, 0.2) is 218 Å². The van der Waals surface area contributed by atoms with E-state index in [0.29, 0.717) is 0 Å². The van der Waals surface area contributed by atoms with Gasteiger partial charge in [0.2, 0.25) is 0 Å². The molecule has 2 nitrogen and oxygen atoms in total. The van der Waals surface area contributed by atoms with Gasteiger partial charge in [-0.3, -0.25) is 0 Å². The third-order valence-electron chi connectivity index (χ3n) is 11.8. The molecule has 282 valence electrons. The summed E-state index contributed by atoms with van der Waals surface area (Å²) in [5.74, 6) is 0. The van der Waals surface area contributed by atoms with Gasteiger partial charge in [0.05, 0.1) is 26.5 Å². The van der Waals surface area contributed by atoms with E-state index in [1.807, 2.05) is 22.7 Å². The van der Waals surface area contributed by atoms with Crippen molar-refractivity contribution in [1.82, 2.24) is 0 Å². The molecule has 0 radical (unpaired) electrons. The number of rotatable bonds is 7. The van der Waals surface area contributed by atoms with Gasteiger partial charge >= 0.3 is 0 Å². The summed E-state index contributed by atoms with van der Waals surface area (Å²) in [6.45, 7) is 0. The van der Waals surface area contributed by atoms with Gasteiger partial charge in [0, 0.05) is 48.0 Å². The molecule has 0 spiro atoms. The minimum Gasteiger partial charge on any atom is -0.307 e. The van der Waals surface area contributed by atoms with Gasteiger partial charge in [-0.15, -0.1) is 22.7 Å². The summed E-state index contributed by atoms with van der Waals surface area (Å²) >= 11 is 3.77. The van der Waals surface area contributed by atoms with Crippen LogP contribution >= 0.6 is 22.7 Å². The summed E-state index contributed by atoms with van der Waals surface area (Å²) in [5.41, 5.74) is 9.10. The second kappa shape index (κ2) is 14.2. The van der Waals surface area contributed by atoms with Crippen molar-refractivity contribution in [2.24, 2.45) is 0 Å². The first kappa shape index (κ1) is 34.8. The van der Waals surface area contributed by atoms with Crippen LogP contribution < -0.4 is 9.80 Å². The van der Waals surface area contributed by atoms with Gasteiger partial charge in [-0.2, -0.15) is 0 Å². The summed E-state index contributed by atoms with van der Waals surface area (Å²) in [4.78, 5) is 4.98. The Bertz CT molecular complexity index is 3550. The highest BCUT2D eigenvalue weighted by Gasteiger charge is 2.28. The molecule has 0 atom stereocenters. The van der Waals surface area contributed by atoms with Crippen LogP contribution in [0.1, 0.15) is 0 Å². The summed E-state index contributed by atoms with van der Waals surface area (Å²) in [6.07, 6.45) is 0. The molecular weight excluding hydrogens is 765 g/mol. The van der Waals surface area contributed by atoms with E-state index >= 15 is 0 Å². The maximum Gasteiger partial charge on any atom is 0.0883 e. The normalized spacial score (nSPS) is 11.7. The lowest BCUT2D eigenvalue weighted by Crippen LogP contribution is -2.17. The number of para-hydroxylation sites is 2. The van der Waals surface area contributed by atoms with Gasteiger partial charge in [-0.1, -0.05) is 158 Å². The Balaban J connectivity index is 1.16. The van der Waals surface area contributed by atoms with Crippen LogP contribution in [0.5, 0.6) is 0 Å². The van der Waals surface area contributed by atoms with E-state index in [0.717, 1.165) is 34.1 Å². The van der Waals surface area contributed by atoms with Crippen molar-refractivity contribution in [3.8, 4) is 11.1 Å². The Morgan fingerprint density at radius 2 is 0.850 bits per heavy atom. The van der Waals surface area contributed by atoms with Crippen LogP contribution in [0.4, 0.5) is 34.1 Å². The molecule has 0 aliphatic rings. The molecule has 2 heterocycles. The second-order valence-corrected chi connectivity index (χ2v) is 17.4. The highest BCUT2D eigenvalue weighted by atomic mass is 32.1. The van der Waals surface area contributed by atoms with Crippen molar-refractivity contribution in [2.75, 3.05) is 9.80 Å². The lowest BCUT2D eigenvalue weighted by molar-refractivity contribution is 1.25. The molecule has 0 saturated heterocycles. The smallest absolute Gasteiger partial charge is 0.0883 e. The van der Waals surface area contributed by atoms with E-state index in [1.165, 1.54) is 73.0 Å². The van der Waals surface area contributed by atoms with Crippen LogP contribution in [0.3, 0.4) is 0 Å². The molecule has 10 aromatic carbocycles. The Morgan fingerprint density at radius 1 is 0.283 bits per heavy atom. The third-order valence-corrected chi connectivity index (χ3v) is 14.3. The number of hydrogen-bond acceptors (Lipinski definition) is 4. The maximum atomic E-state index is 2.49. The Kier molecular flexibility index (Phi) is 8.25. The molecule has 0 saturated carbocycles. The summed E-state index contributed by atoms with van der Waals surface area (Å²) < 4.78 is 5.10. The Hall–Kier alpha value is -7.24. The predicted molar refractivity (Wildman–Crippen MR) is 262 cm³/mol. The molecule has 0 fully saturated rings. The van der Waals surface area contributed by atoms with Gasteiger partial charge in [0.15, 0.2) is 0 Å². The van der Waals surface area contributed by atoms with E-state index in [1.54, 1.807) is 0 Å². The molecule has 0 aliphatic heterocycles. The van der Waals surface area contributed by atoms with E-state index in [2.05, 4.69) is 228 Å². The number of benzene rings is 10. The monoisotopic (exact) mass is 800 g/mol. The van der Waals surface area contributed by atoms with Crippen LogP contribution in [0, 0.1) is 0 Å². The number of nitrogens with zero attached hydrogens (tertiary/aromatic N) is 2. The topological polar surface area (TPSA) is 6.48 Å². The van der Waals surface area contributed by atoms with Gasteiger partial charge < -0.3 is 9.80 Å². The zero-order valence-electron chi connectivity index (χ0n) is 32.5. The number of fused-ring (bicyclic) bond motifs is 9. The highest BCUT2D eigenvalue weighted by Crippen LogP contribution is 2.54. The number of anilines is 6. The predicted octanol–water partition coefficient (Wildman–Crippen LogP) is 17.3.